The highest BCUT2D eigenvalue weighted by atomic mass is 19.1. The van der Waals surface area contributed by atoms with E-state index in [0.717, 1.165) is 5.56 Å². The van der Waals surface area contributed by atoms with Gasteiger partial charge in [-0.1, -0.05) is 24.3 Å². The largest absolute Gasteiger partial charge is 0.492 e. The first kappa shape index (κ1) is 19.6. The number of ketones is 1. The number of hydrogen-bond donors (Lipinski definition) is 1. The Hall–Kier alpha value is -3.67. The molecule has 0 saturated heterocycles. The monoisotopic (exact) mass is 405 g/mol. The molecule has 4 rings (SSSR count). The van der Waals surface area contributed by atoms with Gasteiger partial charge in [0.05, 0.1) is 12.2 Å². The van der Waals surface area contributed by atoms with Crippen molar-refractivity contribution in [2.24, 2.45) is 5.73 Å². The smallest absolute Gasteiger partial charge is 0.248 e. The van der Waals surface area contributed by atoms with E-state index in [2.05, 4.69) is 0 Å². The minimum atomic E-state index is -0.542. The van der Waals surface area contributed by atoms with Gasteiger partial charge >= 0.3 is 0 Å². The number of amides is 1. The summed E-state index contributed by atoms with van der Waals surface area (Å²) in [4.78, 5) is 24.1. The van der Waals surface area contributed by atoms with E-state index < -0.39 is 5.91 Å². The fraction of sp³-hybridized carbons (Fsp3) is 0.167. The van der Waals surface area contributed by atoms with E-state index in [1.54, 1.807) is 36.4 Å². The Labute approximate surface area is 173 Å². The predicted octanol–water partition coefficient (Wildman–Crippen LogP) is 4.44. The SMILES string of the molecule is Cc1c2c(cc(-c3cccc(C(N)=O)c3)c1OCc1ccc(F)cc1)C(=O)CCO2. The molecule has 1 aliphatic rings. The maximum Gasteiger partial charge on any atom is 0.248 e. The molecule has 3 aromatic rings. The van der Waals surface area contributed by atoms with Crippen molar-refractivity contribution in [3.8, 4) is 22.6 Å². The first-order valence-corrected chi connectivity index (χ1v) is 9.55. The van der Waals surface area contributed by atoms with E-state index in [0.29, 0.717) is 52.3 Å². The molecule has 2 N–H and O–H groups in total. The molecular formula is C24H20FNO4. The van der Waals surface area contributed by atoms with Crippen LogP contribution in [0.2, 0.25) is 0 Å². The van der Waals surface area contributed by atoms with Gasteiger partial charge in [0.1, 0.15) is 23.9 Å². The summed E-state index contributed by atoms with van der Waals surface area (Å²) in [7, 11) is 0. The van der Waals surface area contributed by atoms with Crippen LogP contribution < -0.4 is 15.2 Å². The van der Waals surface area contributed by atoms with Gasteiger partial charge in [-0.05, 0) is 48.4 Å². The Morgan fingerprint density at radius 2 is 1.90 bits per heavy atom. The fourth-order valence-electron chi connectivity index (χ4n) is 3.53. The molecule has 0 fully saturated rings. The zero-order valence-corrected chi connectivity index (χ0v) is 16.4. The van der Waals surface area contributed by atoms with E-state index >= 15 is 0 Å². The number of hydrogen-bond acceptors (Lipinski definition) is 4. The molecule has 5 nitrogen and oxygen atoms in total. The number of ether oxygens (including phenoxy) is 2. The topological polar surface area (TPSA) is 78.6 Å². The van der Waals surface area contributed by atoms with Crippen molar-refractivity contribution in [2.45, 2.75) is 20.0 Å². The van der Waals surface area contributed by atoms with Gasteiger partial charge in [-0.2, -0.15) is 0 Å². The van der Waals surface area contributed by atoms with Gasteiger partial charge < -0.3 is 15.2 Å². The Kier molecular flexibility index (Phi) is 5.23. The Bertz CT molecular complexity index is 1140. The third-order valence-electron chi connectivity index (χ3n) is 5.09. The second-order valence-corrected chi connectivity index (χ2v) is 7.14. The van der Waals surface area contributed by atoms with E-state index in [4.69, 9.17) is 15.2 Å². The second-order valence-electron chi connectivity index (χ2n) is 7.14. The van der Waals surface area contributed by atoms with Crippen LogP contribution in [-0.2, 0) is 6.61 Å². The Morgan fingerprint density at radius 3 is 2.63 bits per heavy atom. The normalized spacial score (nSPS) is 12.8. The lowest BCUT2D eigenvalue weighted by Crippen LogP contribution is -2.17. The maximum absolute atomic E-state index is 13.2. The maximum atomic E-state index is 13.2. The van der Waals surface area contributed by atoms with Gasteiger partial charge in [0.15, 0.2) is 5.78 Å². The first-order valence-electron chi connectivity index (χ1n) is 9.55. The molecule has 30 heavy (non-hydrogen) atoms. The molecular weight excluding hydrogens is 385 g/mol. The Morgan fingerprint density at radius 1 is 1.13 bits per heavy atom. The van der Waals surface area contributed by atoms with Gasteiger partial charge in [-0.15, -0.1) is 0 Å². The van der Waals surface area contributed by atoms with Crippen LogP contribution in [-0.4, -0.2) is 18.3 Å². The molecule has 1 aliphatic heterocycles. The molecule has 0 atom stereocenters. The number of carbonyl (C=O) groups is 2. The third kappa shape index (κ3) is 3.76. The van der Waals surface area contributed by atoms with Crippen LogP contribution in [0.3, 0.4) is 0 Å². The summed E-state index contributed by atoms with van der Waals surface area (Å²) in [5.41, 5.74) is 9.13. The number of nitrogens with two attached hydrogens (primary N) is 1. The molecule has 0 saturated carbocycles. The highest BCUT2D eigenvalue weighted by Gasteiger charge is 2.26. The van der Waals surface area contributed by atoms with Crippen molar-refractivity contribution >= 4 is 11.7 Å². The van der Waals surface area contributed by atoms with Gasteiger partial charge in [-0.25, -0.2) is 4.39 Å². The van der Waals surface area contributed by atoms with Gasteiger partial charge in [0, 0.05) is 23.1 Å². The van der Waals surface area contributed by atoms with Crippen LogP contribution in [0, 0.1) is 12.7 Å². The Balaban J connectivity index is 1.82. The number of Topliss-reactive ketones (excluding diaryl/α,β-unsaturated/α-hetero) is 1. The summed E-state index contributed by atoms with van der Waals surface area (Å²) in [6, 6.07) is 14.6. The molecule has 0 spiro atoms. The van der Waals surface area contributed by atoms with Crippen LogP contribution in [0.1, 0.15) is 38.3 Å². The molecule has 0 radical (unpaired) electrons. The number of rotatable bonds is 5. The van der Waals surface area contributed by atoms with Crippen LogP contribution in [0.25, 0.3) is 11.1 Å². The van der Waals surface area contributed by atoms with Crippen LogP contribution >= 0.6 is 0 Å². The summed E-state index contributed by atoms with van der Waals surface area (Å²) in [6.45, 7) is 2.36. The van der Waals surface area contributed by atoms with Crippen molar-refractivity contribution in [1.82, 2.24) is 0 Å². The number of fused-ring (bicyclic) bond motifs is 1. The molecule has 0 aromatic heterocycles. The molecule has 6 heteroatoms. The average molecular weight is 405 g/mol. The number of primary amides is 1. The van der Waals surface area contributed by atoms with Crippen LogP contribution in [0.5, 0.6) is 11.5 Å². The summed E-state index contributed by atoms with van der Waals surface area (Å²) >= 11 is 0. The van der Waals surface area contributed by atoms with Crippen molar-refractivity contribution in [2.75, 3.05) is 6.61 Å². The quantitative estimate of drug-likeness (QED) is 0.681. The molecule has 1 amide bonds. The van der Waals surface area contributed by atoms with Gasteiger partial charge in [0.2, 0.25) is 5.91 Å². The standard InChI is InChI=1S/C24H20FNO4/c1-14-22(30-13-15-5-7-18(25)8-6-15)19(12-20-21(27)9-10-29-23(14)20)16-3-2-4-17(11-16)24(26)28/h2-8,11-12H,9-10,13H2,1H3,(H2,26,28). The highest BCUT2D eigenvalue weighted by Crippen LogP contribution is 2.43. The number of halogens is 1. The van der Waals surface area contributed by atoms with E-state index in [9.17, 15) is 14.0 Å². The summed E-state index contributed by atoms with van der Waals surface area (Å²) < 4.78 is 25.1. The molecule has 152 valence electrons. The third-order valence-corrected chi connectivity index (χ3v) is 5.09. The zero-order chi connectivity index (χ0) is 21.3. The zero-order valence-electron chi connectivity index (χ0n) is 16.4. The van der Waals surface area contributed by atoms with Crippen molar-refractivity contribution in [1.29, 1.82) is 0 Å². The predicted molar refractivity (Wildman–Crippen MR) is 110 cm³/mol. The minimum absolute atomic E-state index is 0.00302. The van der Waals surface area contributed by atoms with Crippen LogP contribution in [0.4, 0.5) is 4.39 Å². The van der Waals surface area contributed by atoms with Crippen molar-refractivity contribution in [3.63, 3.8) is 0 Å². The molecule has 0 bridgehead atoms. The number of benzene rings is 3. The lowest BCUT2D eigenvalue weighted by atomic mass is 9.93. The average Bonchev–Trinajstić information content (AvgIpc) is 2.75. The first-order chi connectivity index (χ1) is 14.4. The fourth-order valence-corrected chi connectivity index (χ4v) is 3.53. The molecule has 3 aromatic carbocycles. The summed E-state index contributed by atoms with van der Waals surface area (Å²) in [6.07, 6.45) is 0.309. The van der Waals surface area contributed by atoms with E-state index in [1.807, 2.05) is 13.0 Å². The molecule has 0 unspecified atom stereocenters. The lowest BCUT2D eigenvalue weighted by molar-refractivity contribution is 0.0931. The second kappa shape index (κ2) is 7.99. The molecule has 1 heterocycles. The highest BCUT2D eigenvalue weighted by molar-refractivity contribution is 6.02. The number of carbonyl (C=O) groups excluding carboxylic acids is 2. The summed E-state index contributed by atoms with van der Waals surface area (Å²) in [5.74, 6) is 0.181. The van der Waals surface area contributed by atoms with Crippen molar-refractivity contribution in [3.05, 3.63) is 82.7 Å². The van der Waals surface area contributed by atoms with Crippen molar-refractivity contribution < 1.29 is 23.5 Å². The van der Waals surface area contributed by atoms with Crippen LogP contribution in [0.15, 0.2) is 54.6 Å². The molecule has 0 aliphatic carbocycles. The lowest BCUT2D eigenvalue weighted by Gasteiger charge is -2.23. The summed E-state index contributed by atoms with van der Waals surface area (Å²) in [5, 5.41) is 0. The van der Waals surface area contributed by atoms with Gasteiger partial charge in [0.25, 0.3) is 0 Å². The van der Waals surface area contributed by atoms with Gasteiger partial charge in [-0.3, -0.25) is 9.59 Å². The van der Waals surface area contributed by atoms with E-state index in [1.165, 1.54) is 12.1 Å². The minimum Gasteiger partial charge on any atom is -0.492 e. The van der Waals surface area contributed by atoms with E-state index in [-0.39, 0.29) is 18.2 Å².